The van der Waals surface area contributed by atoms with Crippen molar-refractivity contribution < 1.29 is 9.59 Å². The van der Waals surface area contributed by atoms with E-state index in [2.05, 4.69) is 5.32 Å². The predicted octanol–water partition coefficient (Wildman–Crippen LogP) is 1.89. The molecule has 0 saturated carbocycles. The van der Waals surface area contributed by atoms with Crippen molar-refractivity contribution in [1.82, 2.24) is 5.32 Å². The van der Waals surface area contributed by atoms with E-state index in [1.54, 1.807) is 24.3 Å². The lowest BCUT2D eigenvalue weighted by Gasteiger charge is -2.07. The molecule has 5 heteroatoms. The fraction of sp³-hybridized carbons (Fsp3) is 0.231. The molecule has 0 aliphatic rings. The SMILES string of the molecule is CC(C)NC=C(C(N)=O)C(=O)c1ccc(Cl)cc1. The third kappa shape index (κ3) is 3.89. The largest absolute Gasteiger partial charge is 0.388 e. The number of halogens is 1. The second-order valence-electron chi connectivity index (χ2n) is 4.08. The number of nitrogens with two attached hydrogens (primary N) is 1. The number of primary amides is 1. The van der Waals surface area contributed by atoms with Gasteiger partial charge >= 0.3 is 0 Å². The van der Waals surface area contributed by atoms with Crippen molar-refractivity contribution in [2.75, 3.05) is 0 Å². The first-order valence-electron chi connectivity index (χ1n) is 5.48. The highest BCUT2D eigenvalue weighted by molar-refractivity contribution is 6.31. The zero-order valence-corrected chi connectivity index (χ0v) is 11.0. The molecule has 4 nitrogen and oxygen atoms in total. The van der Waals surface area contributed by atoms with Gasteiger partial charge < -0.3 is 11.1 Å². The van der Waals surface area contributed by atoms with Gasteiger partial charge in [0.15, 0.2) is 5.78 Å². The van der Waals surface area contributed by atoms with E-state index in [1.165, 1.54) is 6.20 Å². The third-order valence-corrected chi connectivity index (χ3v) is 2.43. The van der Waals surface area contributed by atoms with Crippen LogP contribution in [0.4, 0.5) is 0 Å². The Labute approximate surface area is 111 Å². The summed E-state index contributed by atoms with van der Waals surface area (Å²) in [4.78, 5) is 23.3. The minimum Gasteiger partial charge on any atom is -0.388 e. The third-order valence-electron chi connectivity index (χ3n) is 2.18. The molecular weight excluding hydrogens is 252 g/mol. The summed E-state index contributed by atoms with van der Waals surface area (Å²) in [5, 5.41) is 3.40. The number of amides is 1. The maximum absolute atomic E-state index is 12.1. The van der Waals surface area contributed by atoms with Crippen LogP contribution in [0.5, 0.6) is 0 Å². The lowest BCUT2D eigenvalue weighted by molar-refractivity contribution is -0.114. The molecule has 0 aromatic heterocycles. The standard InChI is InChI=1S/C13H15ClN2O2/c1-8(2)16-7-11(13(15)18)12(17)9-3-5-10(14)6-4-9/h3-8,16H,1-2H3,(H2,15,18). The fourth-order valence-electron chi connectivity index (χ4n) is 1.26. The van der Waals surface area contributed by atoms with Gasteiger partial charge in [0.05, 0.1) is 0 Å². The molecule has 18 heavy (non-hydrogen) atoms. The molecule has 0 fully saturated rings. The van der Waals surface area contributed by atoms with E-state index in [-0.39, 0.29) is 11.6 Å². The van der Waals surface area contributed by atoms with Gasteiger partial charge in [-0.3, -0.25) is 9.59 Å². The molecule has 3 N–H and O–H groups in total. The molecular formula is C13H15ClN2O2. The molecule has 1 amide bonds. The molecule has 0 spiro atoms. The first-order valence-corrected chi connectivity index (χ1v) is 5.86. The van der Waals surface area contributed by atoms with Gasteiger partial charge in [-0.05, 0) is 38.1 Å². The lowest BCUT2D eigenvalue weighted by Crippen LogP contribution is -2.25. The Bertz CT molecular complexity index is 478. The van der Waals surface area contributed by atoms with Crippen LogP contribution in [0.25, 0.3) is 0 Å². The normalized spacial score (nSPS) is 11.4. The fourth-order valence-corrected chi connectivity index (χ4v) is 1.38. The quantitative estimate of drug-likeness (QED) is 0.370. The Morgan fingerprint density at radius 3 is 2.28 bits per heavy atom. The van der Waals surface area contributed by atoms with Crippen molar-refractivity contribution in [1.29, 1.82) is 0 Å². The maximum Gasteiger partial charge on any atom is 0.254 e. The number of Topliss-reactive ketones (excluding diaryl/α,β-unsaturated/α-hetero) is 1. The summed E-state index contributed by atoms with van der Waals surface area (Å²) in [5.74, 6) is -1.18. The number of rotatable bonds is 5. The Balaban J connectivity index is 3.00. The molecule has 0 aliphatic heterocycles. The number of hydrogen-bond donors (Lipinski definition) is 2. The van der Waals surface area contributed by atoms with Gasteiger partial charge in [-0.25, -0.2) is 0 Å². The summed E-state index contributed by atoms with van der Waals surface area (Å²) < 4.78 is 0. The maximum atomic E-state index is 12.1. The molecule has 0 unspecified atom stereocenters. The van der Waals surface area contributed by atoms with Gasteiger partial charge in [0.1, 0.15) is 5.57 Å². The Morgan fingerprint density at radius 2 is 1.83 bits per heavy atom. The van der Waals surface area contributed by atoms with Gasteiger partial charge in [-0.2, -0.15) is 0 Å². The average Bonchev–Trinajstić information content (AvgIpc) is 2.29. The van der Waals surface area contributed by atoms with Crippen LogP contribution in [-0.2, 0) is 4.79 Å². The summed E-state index contributed by atoms with van der Waals surface area (Å²) in [7, 11) is 0. The summed E-state index contributed by atoms with van der Waals surface area (Å²) in [5.41, 5.74) is 5.49. The van der Waals surface area contributed by atoms with Crippen molar-refractivity contribution >= 4 is 23.3 Å². The van der Waals surface area contributed by atoms with Gasteiger partial charge in [0.25, 0.3) is 5.91 Å². The summed E-state index contributed by atoms with van der Waals surface area (Å²) in [6.45, 7) is 3.78. The molecule has 0 bridgehead atoms. The molecule has 0 aliphatic carbocycles. The minimum absolute atomic E-state index is 0.0778. The van der Waals surface area contributed by atoms with Gasteiger partial charge in [-0.1, -0.05) is 11.6 Å². The second kappa shape index (κ2) is 6.21. The summed E-state index contributed by atoms with van der Waals surface area (Å²) in [6, 6.07) is 6.39. The van der Waals surface area contributed by atoms with Crippen LogP contribution in [0.3, 0.4) is 0 Å². The van der Waals surface area contributed by atoms with E-state index in [4.69, 9.17) is 17.3 Å². The minimum atomic E-state index is -0.761. The highest BCUT2D eigenvalue weighted by Crippen LogP contribution is 2.13. The number of carbonyl (C=O) groups excluding carboxylic acids is 2. The monoisotopic (exact) mass is 266 g/mol. The number of carbonyl (C=O) groups is 2. The second-order valence-corrected chi connectivity index (χ2v) is 4.52. The number of ketones is 1. The van der Waals surface area contributed by atoms with Crippen molar-refractivity contribution in [3.63, 3.8) is 0 Å². The van der Waals surface area contributed by atoms with Crippen LogP contribution in [0.1, 0.15) is 24.2 Å². The Kier molecular flexibility index (Phi) is 4.92. The van der Waals surface area contributed by atoms with Crippen LogP contribution in [0, 0.1) is 0 Å². The Morgan fingerprint density at radius 1 is 1.28 bits per heavy atom. The van der Waals surface area contributed by atoms with Gasteiger partial charge in [-0.15, -0.1) is 0 Å². The summed E-state index contributed by atoms with van der Waals surface area (Å²) >= 11 is 5.73. The summed E-state index contributed by atoms with van der Waals surface area (Å²) in [6.07, 6.45) is 1.35. The van der Waals surface area contributed by atoms with E-state index in [0.717, 1.165) is 0 Å². The zero-order chi connectivity index (χ0) is 13.7. The highest BCUT2D eigenvalue weighted by Gasteiger charge is 2.17. The molecule has 0 atom stereocenters. The first-order chi connectivity index (χ1) is 8.41. The first kappa shape index (κ1) is 14.3. The van der Waals surface area contributed by atoms with E-state index in [1.807, 2.05) is 13.8 Å². The van der Waals surface area contributed by atoms with E-state index in [0.29, 0.717) is 10.6 Å². The Hall–Kier alpha value is -1.81. The smallest absolute Gasteiger partial charge is 0.254 e. The molecule has 0 heterocycles. The van der Waals surface area contributed by atoms with Crippen molar-refractivity contribution in [2.45, 2.75) is 19.9 Å². The zero-order valence-electron chi connectivity index (χ0n) is 10.2. The number of benzene rings is 1. The number of nitrogens with one attached hydrogen (secondary N) is 1. The van der Waals surface area contributed by atoms with E-state index >= 15 is 0 Å². The van der Waals surface area contributed by atoms with Gasteiger partial charge in [0.2, 0.25) is 0 Å². The predicted molar refractivity (Wildman–Crippen MR) is 71.3 cm³/mol. The molecule has 0 radical (unpaired) electrons. The highest BCUT2D eigenvalue weighted by atomic mass is 35.5. The average molecular weight is 267 g/mol. The van der Waals surface area contributed by atoms with Crippen LogP contribution in [0.2, 0.25) is 5.02 Å². The van der Waals surface area contributed by atoms with E-state index in [9.17, 15) is 9.59 Å². The van der Waals surface area contributed by atoms with Crippen molar-refractivity contribution in [3.05, 3.63) is 46.6 Å². The topological polar surface area (TPSA) is 72.2 Å². The molecule has 1 aromatic rings. The van der Waals surface area contributed by atoms with Crippen LogP contribution >= 0.6 is 11.6 Å². The molecule has 96 valence electrons. The van der Waals surface area contributed by atoms with Crippen LogP contribution in [0.15, 0.2) is 36.0 Å². The lowest BCUT2D eigenvalue weighted by atomic mass is 10.0. The van der Waals surface area contributed by atoms with E-state index < -0.39 is 11.7 Å². The van der Waals surface area contributed by atoms with Crippen LogP contribution < -0.4 is 11.1 Å². The molecule has 1 aromatic carbocycles. The molecule has 0 saturated heterocycles. The van der Waals surface area contributed by atoms with Crippen molar-refractivity contribution in [2.24, 2.45) is 5.73 Å². The number of hydrogen-bond acceptors (Lipinski definition) is 3. The van der Waals surface area contributed by atoms with Crippen LogP contribution in [-0.4, -0.2) is 17.7 Å². The van der Waals surface area contributed by atoms with Gasteiger partial charge in [0, 0.05) is 22.8 Å². The molecule has 1 rings (SSSR count). The van der Waals surface area contributed by atoms with Crippen molar-refractivity contribution in [3.8, 4) is 0 Å².